The maximum absolute atomic E-state index is 13.9. The SMILES string of the molecule is COc1ccc(OC)c(N(CC(=O)Nc2ccccc2C(=O)N[C@H](C)c2ccccc2)S(=O)(=O)c2ccc(C)cc2)c1. The van der Waals surface area contributed by atoms with E-state index in [-0.39, 0.29) is 39.5 Å². The van der Waals surface area contributed by atoms with Crippen molar-refractivity contribution in [2.75, 3.05) is 30.4 Å². The van der Waals surface area contributed by atoms with Crippen molar-refractivity contribution in [3.8, 4) is 11.5 Å². The van der Waals surface area contributed by atoms with E-state index >= 15 is 0 Å². The molecule has 2 amide bonds. The van der Waals surface area contributed by atoms with E-state index in [4.69, 9.17) is 9.47 Å². The minimum Gasteiger partial charge on any atom is -0.497 e. The number of para-hydroxylation sites is 1. The number of amides is 2. The highest BCUT2D eigenvalue weighted by Crippen LogP contribution is 2.36. The molecule has 0 aliphatic heterocycles. The van der Waals surface area contributed by atoms with Crippen molar-refractivity contribution in [2.45, 2.75) is 24.8 Å². The lowest BCUT2D eigenvalue weighted by molar-refractivity contribution is -0.114. The van der Waals surface area contributed by atoms with Crippen LogP contribution < -0.4 is 24.4 Å². The molecule has 0 aromatic heterocycles. The largest absolute Gasteiger partial charge is 0.497 e. The molecule has 1 atom stereocenters. The van der Waals surface area contributed by atoms with E-state index in [0.717, 1.165) is 15.4 Å². The smallest absolute Gasteiger partial charge is 0.264 e. The Morgan fingerprint density at radius 2 is 1.52 bits per heavy atom. The van der Waals surface area contributed by atoms with E-state index in [1.807, 2.05) is 44.2 Å². The Balaban J connectivity index is 1.65. The second kappa shape index (κ2) is 13.2. The Bertz CT molecular complexity index is 1660. The van der Waals surface area contributed by atoms with Crippen molar-refractivity contribution < 1.29 is 27.5 Å². The van der Waals surface area contributed by atoms with Gasteiger partial charge in [-0.1, -0.05) is 60.2 Å². The van der Waals surface area contributed by atoms with Crippen LogP contribution in [0.25, 0.3) is 0 Å². The molecule has 0 radical (unpaired) electrons. The van der Waals surface area contributed by atoms with Gasteiger partial charge in [-0.3, -0.25) is 13.9 Å². The number of methoxy groups -OCH3 is 2. The Kier molecular flexibility index (Phi) is 9.49. The van der Waals surface area contributed by atoms with Crippen molar-refractivity contribution in [1.82, 2.24) is 5.32 Å². The van der Waals surface area contributed by atoms with Gasteiger partial charge < -0.3 is 20.1 Å². The normalized spacial score (nSPS) is 11.7. The van der Waals surface area contributed by atoms with E-state index in [9.17, 15) is 18.0 Å². The topological polar surface area (TPSA) is 114 Å². The molecule has 9 nitrogen and oxygen atoms in total. The molecule has 4 aromatic rings. The summed E-state index contributed by atoms with van der Waals surface area (Å²) in [5.41, 5.74) is 2.41. The lowest BCUT2D eigenvalue weighted by Crippen LogP contribution is -2.38. The number of nitrogens with zero attached hydrogens (tertiary/aromatic N) is 1. The molecule has 218 valence electrons. The van der Waals surface area contributed by atoms with Crippen molar-refractivity contribution in [2.24, 2.45) is 0 Å². The first-order valence-electron chi connectivity index (χ1n) is 13.2. The maximum atomic E-state index is 13.9. The van der Waals surface area contributed by atoms with Crippen LogP contribution in [0.1, 0.15) is 34.5 Å². The number of anilines is 2. The Morgan fingerprint density at radius 3 is 2.19 bits per heavy atom. The van der Waals surface area contributed by atoms with Gasteiger partial charge >= 0.3 is 0 Å². The number of aryl methyl sites for hydroxylation is 1. The fourth-order valence-corrected chi connectivity index (χ4v) is 5.76. The third kappa shape index (κ3) is 6.90. The molecule has 0 bridgehead atoms. The van der Waals surface area contributed by atoms with E-state index in [0.29, 0.717) is 5.75 Å². The van der Waals surface area contributed by atoms with Crippen LogP contribution in [0.2, 0.25) is 0 Å². The van der Waals surface area contributed by atoms with Gasteiger partial charge in [-0.05, 0) is 55.8 Å². The maximum Gasteiger partial charge on any atom is 0.264 e. The number of benzene rings is 4. The first-order chi connectivity index (χ1) is 20.1. The highest BCUT2D eigenvalue weighted by molar-refractivity contribution is 7.92. The molecule has 4 aromatic carbocycles. The van der Waals surface area contributed by atoms with Crippen molar-refractivity contribution in [3.05, 3.63) is 114 Å². The Morgan fingerprint density at radius 1 is 0.857 bits per heavy atom. The van der Waals surface area contributed by atoms with Gasteiger partial charge in [0.1, 0.15) is 18.0 Å². The predicted molar refractivity (Wildman–Crippen MR) is 163 cm³/mol. The van der Waals surface area contributed by atoms with Crippen LogP contribution in [0.3, 0.4) is 0 Å². The zero-order chi connectivity index (χ0) is 30.3. The molecule has 42 heavy (non-hydrogen) atoms. The Labute approximate surface area is 246 Å². The number of hydrogen-bond acceptors (Lipinski definition) is 6. The Hall–Kier alpha value is -4.83. The lowest BCUT2D eigenvalue weighted by atomic mass is 10.1. The minimum absolute atomic E-state index is 0.000417. The highest BCUT2D eigenvalue weighted by Gasteiger charge is 2.30. The van der Waals surface area contributed by atoms with Gasteiger partial charge in [-0.2, -0.15) is 0 Å². The quantitative estimate of drug-likeness (QED) is 0.245. The monoisotopic (exact) mass is 587 g/mol. The third-order valence-corrected chi connectivity index (χ3v) is 8.42. The van der Waals surface area contributed by atoms with E-state index in [2.05, 4.69) is 10.6 Å². The van der Waals surface area contributed by atoms with Gasteiger partial charge in [0.05, 0.1) is 42.1 Å². The number of hydrogen-bond donors (Lipinski definition) is 2. The van der Waals surface area contributed by atoms with Gasteiger partial charge in [0.25, 0.3) is 15.9 Å². The molecule has 0 aliphatic carbocycles. The summed E-state index contributed by atoms with van der Waals surface area (Å²) >= 11 is 0. The third-order valence-electron chi connectivity index (χ3n) is 6.64. The molecule has 0 heterocycles. The highest BCUT2D eigenvalue weighted by atomic mass is 32.2. The van der Waals surface area contributed by atoms with Crippen LogP contribution in [0.4, 0.5) is 11.4 Å². The number of ether oxygens (including phenoxy) is 2. The average molecular weight is 588 g/mol. The number of nitrogens with one attached hydrogen (secondary N) is 2. The molecule has 0 saturated heterocycles. The van der Waals surface area contributed by atoms with Crippen LogP contribution in [0.15, 0.2) is 102 Å². The first-order valence-corrected chi connectivity index (χ1v) is 14.6. The standard InChI is InChI=1S/C32H33N3O6S/c1-22-14-17-26(18-15-22)42(38,39)35(29-20-25(40-3)16-19-30(29)41-4)21-31(36)34-28-13-9-8-12-27(28)32(37)33-23(2)24-10-6-5-7-11-24/h5-20,23H,21H2,1-4H3,(H,33,37)(H,34,36)/t23-/m1/s1. The second-order valence-corrected chi connectivity index (χ2v) is 11.4. The van der Waals surface area contributed by atoms with Crippen LogP contribution in [0.5, 0.6) is 11.5 Å². The fourth-order valence-electron chi connectivity index (χ4n) is 4.34. The minimum atomic E-state index is -4.23. The zero-order valence-electron chi connectivity index (χ0n) is 23.8. The van der Waals surface area contributed by atoms with Crippen molar-refractivity contribution in [1.29, 1.82) is 0 Å². The van der Waals surface area contributed by atoms with E-state index < -0.39 is 22.5 Å². The van der Waals surface area contributed by atoms with Gasteiger partial charge in [0.2, 0.25) is 5.91 Å². The summed E-state index contributed by atoms with van der Waals surface area (Å²) < 4.78 is 39.6. The van der Waals surface area contributed by atoms with Crippen LogP contribution in [-0.2, 0) is 14.8 Å². The molecule has 0 unspecified atom stereocenters. The second-order valence-electron chi connectivity index (χ2n) is 9.56. The van der Waals surface area contributed by atoms with E-state index in [1.54, 1.807) is 48.5 Å². The summed E-state index contributed by atoms with van der Waals surface area (Å²) in [5, 5.41) is 5.67. The average Bonchev–Trinajstić information content (AvgIpc) is 3.00. The van der Waals surface area contributed by atoms with Gasteiger partial charge in [0.15, 0.2) is 0 Å². The number of carbonyl (C=O) groups excluding carboxylic acids is 2. The molecular weight excluding hydrogens is 554 g/mol. The fraction of sp³-hybridized carbons (Fsp3) is 0.188. The molecule has 2 N–H and O–H groups in total. The summed E-state index contributed by atoms with van der Waals surface area (Å²) in [6.07, 6.45) is 0. The summed E-state index contributed by atoms with van der Waals surface area (Å²) in [7, 11) is -1.36. The van der Waals surface area contributed by atoms with E-state index in [1.165, 1.54) is 32.4 Å². The molecular formula is C32H33N3O6S. The van der Waals surface area contributed by atoms with Gasteiger partial charge in [-0.25, -0.2) is 8.42 Å². The lowest BCUT2D eigenvalue weighted by Gasteiger charge is -2.26. The number of carbonyl (C=O) groups is 2. The number of sulfonamides is 1. The predicted octanol–water partition coefficient (Wildman–Crippen LogP) is 5.34. The van der Waals surface area contributed by atoms with Gasteiger partial charge in [0, 0.05) is 6.07 Å². The summed E-state index contributed by atoms with van der Waals surface area (Å²) in [4.78, 5) is 26.7. The van der Waals surface area contributed by atoms with Crippen LogP contribution in [-0.4, -0.2) is 41.0 Å². The molecule has 0 fully saturated rings. The molecule has 0 saturated carbocycles. The summed E-state index contributed by atoms with van der Waals surface area (Å²) in [6, 6.07) is 26.8. The summed E-state index contributed by atoms with van der Waals surface area (Å²) in [6.45, 7) is 3.11. The number of rotatable bonds is 11. The molecule has 4 rings (SSSR count). The molecule has 10 heteroatoms. The zero-order valence-corrected chi connectivity index (χ0v) is 24.6. The van der Waals surface area contributed by atoms with Crippen LogP contribution in [0, 0.1) is 6.92 Å². The molecule has 0 aliphatic rings. The summed E-state index contributed by atoms with van der Waals surface area (Å²) in [5.74, 6) is -0.438. The first kappa shape index (κ1) is 30.1. The van der Waals surface area contributed by atoms with Crippen molar-refractivity contribution >= 4 is 33.2 Å². The van der Waals surface area contributed by atoms with Gasteiger partial charge in [-0.15, -0.1) is 0 Å². The van der Waals surface area contributed by atoms with Crippen LogP contribution >= 0.6 is 0 Å². The molecule has 0 spiro atoms. The van der Waals surface area contributed by atoms with Crippen molar-refractivity contribution in [3.63, 3.8) is 0 Å².